The van der Waals surface area contributed by atoms with Crippen molar-refractivity contribution in [1.82, 2.24) is 19.7 Å². The van der Waals surface area contributed by atoms with E-state index in [4.69, 9.17) is 0 Å². The first-order valence-corrected chi connectivity index (χ1v) is 10.3. The van der Waals surface area contributed by atoms with Crippen LogP contribution in [-0.2, 0) is 11.3 Å². The van der Waals surface area contributed by atoms with Crippen LogP contribution in [0.2, 0.25) is 0 Å². The summed E-state index contributed by atoms with van der Waals surface area (Å²) in [5.74, 6) is -0.00893. The lowest BCUT2D eigenvalue weighted by molar-refractivity contribution is -0.116. The Labute approximate surface area is 157 Å². The van der Waals surface area contributed by atoms with Crippen molar-refractivity contribution in [3.63, 3.8) is 0 Å². The molecule has 3 aromatic rings. The number of carbonyl (C=O) groups is 1. The molecule has 0 spiro atoms. The number of hydrogen-bond donors (Lipinski definition) is 0. The maximum atomic E-state index is 12.5. The summed E-state index contributed by atoms with van der Waals surface area (Å²) >= 11 is 4.26. The predicted octanol–water partition coefficient (Wildman–Crippen LogP) is 3.76. The minimum absolute atomic E-state index is 0.162. The number of Topliss-reactive ketones (excluding diaryl/α,β-unsaturated/α-hetero) is 1. The first-order valence-electron chi connectivity index (χ1n) is 7.58. The highest BCUT2D eigenvalue weighted by Gasteiger charge is 2.24. The number of aryl methyl sites for hydroxylation is 1. The lowest BCUT2D eigenvalue weighted by Gasteiger charge is -2.07. The van der Waals surface area contributed by atoms with Crippen LogP contribution in [0.1, 0.15) is 23.5 Å². The van der Waals surface area contributed by atoms with Crippen LogP contribution in [0.3, 0.4) is 0 Å². The minimum Gasteiger partial charge on any atom is -0.302 e. The molecule has 0 radical (unpaired) electrons. The summed E-state index contributed by atoms with van der Waals surface area (Å²) in [6.07, 6.45) is 0. The Bertz CT molecular complexity index is 907. The Hall–Kier alpha value is -2.02. The standard InChI is InChI=1S/C16H15N5OS3/c1-3-21-14(13-5-4-6-23-13)19-20-16(21)25-9-12(22)11(7-17)15-18-10(2)8-24-15/h4-6,8,11H,3,9H2,1-2H3. The molecule has 3 aromatic heterocycles. The molecule has 128 valence electrons. The summed E-state index contributed by atoms with van der Waals surface area (Å²) in [5, 5.41) is 22.9. The number of nitriles is 1. The average Bonchev–Trinajstić information content (AvgIpc) is 3.33. The highest BCUT2D eigenvalue weighted by Crippen LogP contribution is 2.28. The van der Waals surface area contributed by atoms with Crippen LogP contribution in [0.4, 0.5) is 0 Å². The van der Waals surface area contributed by atoms with Gasteiger partial charge in [-0.05, 0) is 25.3 Å². The Balaban J connectivity index is 1.73. The fourth-order valence-corrected chi connectivity index (χ4v) is 4.74. The average molecular weight is 390 g/mol. The number of rotatable bonds is 7. The fraction of sp³-hybridized carbons (Fsp3) is 0.312. The molecular formula is C16H15N5OS3. The Kier molecular flexibility index (Phi) is 5.63. The zero-order valence-electron chi connectivity index (χ0n) is 13.7. The molecule has 3 rings (SSSR count). The van der Waals surface area contributed by atoms with Crippen LogP contribution in [0, 0.1) is 18.3 Å². The first kappa shape index (κ1) is 17.8. The number of hydrogen-bond acceptors (Lipinski definition) is 8. The number of carbonyl (C=O) groups excluding carboxylic acids is 1. The van der Waals surface area contributed by atoms with Gasteiger partial charge < -0.3 is 4.57 Å². The van der Waals surface area contributed by atoms with Crippen LogP contribution in [0.5, 0.6) is 0 Å². The SMILES string of the molecule is CCn1c(SCC(=O)C(C#N)c2nc(C)cs2)nnc1-c1cccs1. The first-order chi connectivity index (χ1) is 12.1. The van der Waals surface area contributed by atoms with E-state index in [2.05, 4.69) is 21.3 Å². The van der Waals surface area contributed by atoms with Crippen LogP contribution >= 0.6 is 34.4 Å². The normalized spacial score (nSPS) is 12.0. The molecule has 0 aliphatic heterocycles. The summed E-state index contributed by atoms with van der Waals surface area (Å²) in [6.45, 7) is 4.58. The number of nitrogens with zero attached hydrogens (tertiary/aromatic N) is 5. The Morgan fingerprint density at radius 2 is 2.28 bits per heavy atom. The largest absolute Gasteiger partial charge is 0.302 e. The van der Waals surface area contributed by atoms with Crippen LogP contribution in [-0.4, -0.2) is 31.3 Å². The third-order valence-electron chi connectivity index (χ3n) is 3.45. The molecule has 0 bridgehead atoms. The number of ketones is 1. The van der Waals surface area contributed by atoms with Crippen molar-refractivity contribution in [3.8, 4) is 16.8 Å². The Morgan fingerprint density at radius 3 is 2.88 bits per heavy atom. The number of thiazole rings is 1. The molecule has 9 heteroatoms. The van der Waals surface area contributed by atoms with Crippen molar-refractivity contribution in [2.75, 3.05) is 5.75 Å². The lowest BCUT2D eigenvalue weighted by atomic mass is 10.1. The van der Waals surface area contributed by atoms with Crippen molar-refractivity contribution in [3.05, 3.63) is 33.6 Å². The van der Waals surface area contributed by atoms with E-state index in [-0.39, 0.29) is 11.5 Å². The molecule has 25 heavy (non-hydrogen) atoms. The molecule has 0 aliphatic carbocycles. The van der Waals surface area contributed by atoms with Gasteiger partial charge in [-0.3, -0.25) is 4.79 Å². The zero-order chi connectivity index (χ0) is 17.8. The second kappa shape index (κ2) is 7.91. The summed E-state index contributed by atoms with van der Waals surface area (Å²) in [6, 6.07) is 6.04. The maximum absolute atomic E-state index is 12.5. The third kappa shape index (κ3) is 3.81. The van der Waals surface area contributed by atoms with Gasteiger partial charge in [0.05, 0.1) is 16.7 Å². The van der Waals surface area contributed by atoms with E-state index in [1.54, 1.807) is 11.3 Å². The molecule has 0 saturated carbocycles. The van der Waals surface area contributed by atoms with Gasteiger partial charge in [0.1, 0.15) is 5.01 Å². The Morgan fingerprint density at radius 1 is 1.44 bits per heavy atom. The molecule has 1 atom stereocenters. The minimum atomic E-state index is -0.819. The smallest absolute Gasteiger partial charge is 0.191 e. The molecule has 0 saturated heterocycles. The summed E-state index contributed by atoms with van der Waals surface area (Å²) in [4.78, 5) is 17.8. The molecule has 0 aliphatic rings. The molecule has 6 nitrogen and oxygen atoms in total. The molecule has 0 aromatic carbocycles. The molecule has 0 fully saturated rings. The molecule has 3 heterocycles. The number of thiophene rings is 1. The van der Waals surface area contributed by atoms with Crippen molar-refractivity contribution >= 4 is 40.2 Å². The molecule has 0 N–H and O–H groups in total. The van der Waals surface area contributed by atoms with Gasteiger partial charge in [0, 0.05) is 17.6 Å². The van der Waals surface area contributed by atoms with E-state index < -0.39 is 5.92 Å². The third-order valence-corrected chi connectivity index (χ3v) is 6.34. The van der Waals surface area contributed by atoms with E-state index in [1.165, 1.54) is 23.1 Å². The number of thioether (sulfide) groups is 1. The van der Waals surface area contributed by atoms with Gasteiger partial charge >= 0.3 is 0 Å². The van der Waals surface area contributed by atoms with Crippen molar-refractivity contribution in [2.24, 2.45) is 0 Å². The highest BCUT2D eigenvalue weighted by molar-refractivity contribution is 7.99. The molecular weight excluding hydrogens is 374 g/mol. The predicted molar refractivity (Wildman–Crippen MR) is 99.9 cm³/mol. The van der Waals surface area contributed by atoms with E-state index in [0.29, 0.717) is 16.7 Å². The molecule has 0 amide bonds. The van der Waals surface area contributed by atoms with Crippen LogP contribution in [0.25, 0.3) is 10.7 Å². The second-order valence-corrected chi connectivity index (χ2v) is 7.95. The van der Waals surface area contributed by atoms with Crippen molar-refractivity contribution < 1.29 is 4.79 Å². The monoisotopic (exact) mass is 389 g/mol. The molecule has 1 unspecified atom stereocenters. The summed E-state index contributed by atoms with van der Waals surface area (Å²) in [7, 11) is 0. The van der Waals surface area contributed by atoms with E-state index in [9.17, 15) is 10.1 Å². The van der Waals surface area contributed by atoms with Crippen LogP contribution < -0.4 is 0 Å². The van der Waals surface area contributed by atoms with Gasteiger partial charge in [-0.15, -0.1) is 32.9 Å². The zero-order valence-corrected chi connectivity index (χ0v) is 16.1. The van der Waals surface area contributed by atoms with Gasteiger partial charge in [-0.2, -0.15) is 5.26 Å². The van der Waals surface area contributed by atoms with Crippen molar-refractivity contribution in [1.29, 1.82) is 5.26 Å². The van der Waals surface area contributed by atoms with Crippen molar-refractivity contribution in [2.45, 2.75) is 31.5 Å². The van der Waals surface area contributed by atoms with Gasteiger partial charge in [0.25, 0.3) is 0 Å². The quantitative estimate of drug-likeness (QED) is 0.572. The maximum Gasteiger partial charge on any atom is 0.191 e. The van der Waals surface area contributed by atoms with Gasteiger partial charge in [-0.25, -0.2) is 4.98 Å². The van der Waals surface area contributed by atoms with E-state index >= 15 is 0 Å². The fourth-order valence-electron chi connectivity index (χ4n) is 2.26. The number of aromatic nitrogens is 4. The summed E-state index contributed by atoms with van der Waals surface area (Å²) < 4.78 is 1.98. The summed E-state index contributed by atoms with van der Waals surface area (Å²) in [5.41, 5.74) is 0.826. The lowest BCUT2D eigenvalue weighted by Crippen LogP contribution is -2.13. The van der Waals surface area contributed by atoms with Gasteiger partial charge in [0.2, 0.25) is 0 Å². The topological polar surface area (TPSA) is 84.5 Å². The highest BCUT2D eigenvalue weighted by atomic mass is 32.2. The van der Waals surface area contributed by atoms with Gasteiger partial charge in [-0.1, -0.05) is 17.8 Å². The second-order valence-electron chi connectivity index (χ2n) is 5.17. The van der Waals surface area contributed by atoms with Gasteiger partial charge in [0.15, 0.2) is 22.7 Å². The van der Waals surface area contributed by atoms with Crippen LogP contribution in [0.15, 0.2) is 28.0 Å². The van der Waals surface area contributed by atoms with E-state index in [0.717, 1.165) is 16.4 Å². The van der Waals surface area contributed by atoms with E-state index in [1.807, 2.05) is 41.3 Å².